The molecule has 0 aliphatic carbocycles. The van der Waals surface area contributed by atoms with Gasteiger partial charge in [0, 0.05) is 6.54 Å². The van der Waals surface area contributed by atoms with Gasteiger partial charge in [0.05, 0.1) is 38.3 Å². The second kappa shape index (κ2) is 7.74. The first-order valence-electron chi connectivity index (χ1n) is 9.72. The van der Waals surface area contributed by atoms with Crippen LogP contribution in [0.25, 0.3) is 11.0 Å². The standard InChI is InChI=1S/C23H23NO6/c1-5-10-24-19(13-11-16(27-2)21(29-4)17(12-13)28-3)18-20(25)14-8-6-7-9-15(14)30-22(18)23(24)26/h6-9,11-12,19H,5,10H2,1-4H3/t19-/m1/s1. The van der Waals surface area contributed by atoms with Crippen molar-refractivity contribution in [2.75, 3.05) is 27.9 Å². The Balaban J connectivity index is 2.01. The fraction of sp³-hybridized carbons (Fsp3) is 0.304. The monoisotopic (exact) mass is 409 g/mol. The molecule has 0 spiro atoms. The molecule has 7 nitrogen and oxygen atoms in total. The summed E-state index contributed by atoms with van der Waals surface area (Å²) in [5.74, 6) is 1.14. The molecule has 0 unspecified atom stereocenters. The molecule has 0 N–H and O–H groups in total. The Bertz CT molecular complexity index is 1160. The summed E-state index contributed by atoms with van der Waals surface area (Å²) in [6.07, 6.45) is 0.731. The molecular weight excluding hydrogens is 386 g/mol. The average molecular weight is 409 g/mol. The molecular formula is C23H23NO6. The summed E-state index contributed by atoms with van der Waals surface area (Å²) in [5.41, 5.74) is 1.21. The van der Waals surface area contributed by atoms with E-state index in [1.54, 1.807) is 41.3 Å². The lowest BCUT2D eigenvalue weighted by Gasteiger charge is -2.26. The van der Waals surface area contributed by atoms with Crippen LogP contribution in [0.3, 0.4) is 0 Å². The number of para-hydroxylation sites is 1. The summed E-state index contributed by atoms with van der Waals surface area (Å²) in [6, 6.07) is 9.89. The lowest BCUT2D eigenvalue weighted by atomic mass is 9.97. The molecule has 1 aliphatic heterocycles. The fourth-order valence-corrected chi connectivity index (χ4v) is 4.04. The second-order valence-corrected chi connectivity index (χ2v) is 7.03. The maximum absolute atomic E-state index is 13.4. The molecule has 30 heavy (non-hydrogen) atoms. The third kappa shape index (κ3) is 2.89. The lowest BCUT2D eigenvalue weighted by Crippen LogP contribution is -2.30. The summed E-state index contributed by atoms with van der Waals surface area (Å²) in [6.45, 7) is 2.45. The van der Waals surface area contributed by atoms with Crippen molar-refractivity contribution in [2.24, 2.45) is 0 Å². The Kier molecular flexibility index (Phi) is 5.11. The molecule has 1 atom stereocenters. The van der Waals surface area contributed by atoms with Gasteiger partial charge in [0.1, 0.15) is 5.58 Å². The van der Waals surface area contributed by atoms with Crippen LogP contribution < -0.4 is 19.6 Å². The van der Waals surface area contributed by atoms with Gasteiger partial charge in [-0.1, -0.05) is 19.1 Å². The van der Waals surface area contributed by atoms with E-state index in [2.05, 4.69) is 0 Å². The van der Waals surface area contributed by atoms with Crippen molar-refractivity contribution in [3.05, 3.63) is 63.5 Å². The van der Waals surface area contributed by atoms with Crippen LogP contribution in [-0.4, -0.2) is 38.7 Å². The van der Waals surface area contributed by atoms with Crippen LogP contribution in [0.5, 0.6) is 17.2 Å². The van der Waals surface area contributed by atoms with Crippen LogP contribution >= 0.6 is 0 Å². The maximum atomic E-state index is 13.4. The molecule has 0 saturated carbocycles. The quantitative estimate of drug-likeness (QED) is 0.617. The van der Waals surface area contributed by atoms with Crippen LogP contribution in [0.15, 0.2) is 45.6 Å². The van der Waals surface area contributed by atoms with Gasteiger partial charge in [-0.25, -0.2) is 0 Å². The number of nitrogens with zero attached hydrogens (tertiary/aromatic N) is 1. The molecule has 0 radical (unpaired) electrons. The van der Waals surface area contributed by atoms with Gasteiger partial charge in [0.25, 0.3) is 5.91 Å². The number of rotatable bonds is 6. The molecule has 3 aromatic rings. The predicted octanol–water partition coefficient (Wildman–Crippen LogP) is 3.77. The van der Waals surface area contributed by atoms with Gasteiger partial charge in [-0.05, 0) is 36.2 Å². The molecule has 1 aliphatic rings. The summed E-state index contributed by atoms with van der Waals surface area (Å²) < 4.78 is 22.3. The van der Waals surface area contributed by atoms with Gasteiger partial charge in [-0.2, -0.15) is 0 Å². The zero-order valence-corrected chi connectivity index (χ0v) is 17.4. The minimum Gasteiger partial charge on any atom is -0.493 e. The number of ether oxygens (including phenoxy) is 3. The number of carbonyl (C=O) groups excluding carboxylic acids is 1. The van der Waals surface area contributed by atoms with E-state index in [4.69, 9.17) is 18.6 Å². The third-order valence-electron chi connectivity index (χ3n) is 5.34. The van der Waals surface area contributed by atoms with Crippen molar-refractivity contribution in [2.45, 2.75) is 19.4 Å². The third-order valence-corrected chi connectivity index (χ3v) is 5.34. The molecule has 2 aromatic carbocycles. The summed E-state index contributed by atoms with van der Waals surface area (Å²) in [5, 5.41) is 0.444. The number of benzene rings is 2. The molecule has 4 rings (SSSR count). The summed E-state index contributed by atoms with van der Waals surface area (Å²) in [7, 11) is 4.58. The minimum absolute atomic E-state index is 0.0888. The molecule has 156 valence electrons. The van der Waals surface area contributed by atoms with Crippen molar-refractivity contribution in [1.29, 1.82) is 0 Å². The largest absolute Gasteiger partial charge is 0.493 e. The second-order valence-electron chi connectivity index (χ2n) is 7.03. The Morgan fingerprint density at radius 3 is 2.27 bits per heavy atom. The highest BCUT2D eigenvalue weighted by molar-refractivity contribution is 5.99. The van der Waals surface area contributed by atoms with E-state index in [0.717, 1.165) is 6.42 Å². The molecule has 0 saturated heterocycles. The number of carbonyl (C=O) groups is 1. The summed E-state index contributed by atoms with van der Waals surface area (Å²) >= 11 is 0. The van der Waals surface area contributed by atoms with E-state index < -0.39 is 6.04 Å². The van der Waals surface area contributed by atoms with E-state index in [1.165, 1.54) is 21.3 Å². The van der Waals surface area contributed by atoms with Crippen LogP contribution in [0.4, 0.5) is 0 Å². The Morgan fingerprint density at radius 1 is 1.00 bits per heavy atom. The van der Waals surface area contributed by atoms with Crippen LogP contribution in [0, 0.1) is 0 Å². The zero-order chi connectivity index (χ0) is 21.4. The van der Waals surface area contributed by atoms with Gasteiger partial charge in [0.15, 0.2) is 16.9 Å². The van der Waals surface area contributed by atoms with Crippen LogP contribution in [0.1, 0.15) is 41.1 Å². The topological polar surface area (TPSA) is 78.2 Å². The van der Waals surface area contributed by atoms with E-state index in [-0.39, 0.29) is 17.1 Å². The first-order valence-corrected chi connectivity index (χ1v) is 9.72. The van der Waals surface area contributed by atoms with Gasteiger partial charge < -0.3 is 23.5 Å². The molecule has 0 fully saturated rings. The van der Waals surface area contributed by atoms with E-state index in [9.17, 15) is 9.59 Å². The first kappa shape index (κ1) is 19.8. The van der Waals surface area contributed by atoms with Gasteiger partial charge in [-0.15, -0.1) is 0 Å². The molecule has 1 amide bonds. The van der Waals surface area contributed by atoms with Crippen LogP contribution in [-0.2, 0) is 0 Å². The van der Waals surface area contributed by atoms with E-state index in [1.807, 2.05) is 6.92 Å². The molecule has 0 bridgehead atoms. The van der Waals surface area contributed by atoms with Crippen molar-refractivity contribution >= 4 is 16.9 Å². The number of hydrogen-bond acceptors (Lipinski definition) is 6. The lowest BCUT2D eigenvalue weighted by molar-refractivity contribution is 0.0727. The van der Waals surface area contributed by atoms with Gasteiger partial charge in [0.2, 0.25) is 11.5 Å². The van der Waals surface area contributed by atoms with Crippen LogP contribution in [0.2, 0.25) is 0 Å². The summed E-state index contributed by atoms with van der Waals surface area (Å²) in [4.78, 5) is 28.3. The Labute approximate surface area is 173 Å². The Morgan fingerprint density at radius 2 is 1.67 bits per heavy atom. The highest BCUT2D eigenvalue weighted by Crippen LogP contribution is 2.44. The zero-order valence-electron chi connectivity index (χ0n) is 17.4. The average Bonchev–Trinajstić information content (AvgIpc) is 3.05. The molecule has 7 heteroatoms. The maximum Gasteiger partial charge on any atom is 0.290 e. The smallest absolute Gasteiger partial charge is 0.290 e. The van der Waals surface area contributed by atoms with Gasteiger partial charge in [-0.3, -0.25) is 9.59 Å². The van der Waals surface area contributed by atoms with E-state index in [0.29, 0.717) is 45.9 Å². The van der Waals surface area contributed by atoms with E-state index >= 15 is 0 Å². The Hall–Kier alpha value is -3.48. The SMILES string of the molecule is CCCN1C(=O)c2oc3ccccc3c(=O)c2[C@H]1c1cc(OC)c(OC)c(OC)c1. The van der Waals surface area contributed by atoms with Gasteiger partial charge >= 0.3 is 0 Å². The number of hydrogen-bond donors (Lipinski definition) is 0. The predicted molar refractivity (Wildman–Crippen MR) is 112 cm³/mol. The van der Waals surface area contributed by atoms with Crippen molar-refractivity contribution in [3.63, 3.8) is 0 Å². The number of fused-ring (bicyclic) bond motifs is 2. The van der Waals surface area contributed by atoms with Crippen molar-refractivity contribution in [1.82, 2.24) is 4.90 Å². The highest BCUT2D eigenvalue weighted by Gasteiger charge is 2.42. The fourth-order valence-electron chi connectivity index (χ4n) is 4.04. The normalized spacial score (nSPS) is 15.4. The van der Waals surface area contributed by atoms with Crippen molar-refractivity contribution in [3.8, 4) is 17.2 Å². The molecule has 1 aromatic heterocycles. The highest BCUT2D eigenvalue weighted by atomic mass is 16.5. The number of amides is 1. The first-order chi connectivity index (χ1) is 14.5. The molecule has 2 heterocycles. The minimum atomic E-state index is -0.609. The number of methoxy groups -OCH3 is 3. The van der Waals surface area contributed by atoms with Crippen molar-refractivity contribution < 1.29 is 23.4 Å².